The smallest absolute Gasteiger partial charge is 0.225 e. The Bertz CT molecular complexity index is 469. The first-order valence-electron chi connectivity index (χ1n) is 6.82. The molecule has 0 aliphatic heterocycles. The molecule has 0 aliphatic rings. The quantitative estimate of drug-likeness (QED) is 0.686. The molecular weight excluding hydrogens is 308 g/mol. The monoisotopic (exact) mass is 330 g/mol. The van der Waals surface area contributed by atoms with Gasteiger partial charge in [0.25, 0.3) is 0 Å². The fourth-order valence-corrected chi connectivity index (χ4v) is 2.80. The Labute approximate surface area is 135 Å². The minimum Gasteiger partial charge on any atom is -0.388 e. The number of thioether (sulfide) groups is 1. The highest BCUT2D eigenvalue weighted by Gasteiger charge is 2.20. The highest BCUT2D eigenvalue weighted by molar-refractivity contribution is 7.98. The molecule has 118 valence electrons. The Morgan fingerprint density at radius 1 is 1.52 bits per heavy atom. The van der Waals surface area contributed by atoms with Gasteiger partial charge >= 0.3 is 0 Å². The summed E-state index contributed by atoms with van der Waals surface area (Å²) in [6.07, 6.45) is 2.29. The first-order valence-corrected chi connectivity index (χ1v) is 8.60. The molecule has 1 aromatic rings. The second kappa shape index (κ2) is 8.63. The topological polar surface area (TPSA) is 61.4 Å². The number of aliphatic hydroxyl groups is 1. The molecular formula is C15H23ClN2O2S. The van der Waals surface area contributed by atoms with Crippen LogP contribution in [0.2, 0.25) is 5.02 Å². The molecule has 4 nitrogen and oxygen atoms in total. The number of halogens is 1. The van der Waals surface area contributed by atoms with Crippen molar-refractivity contribution in [2.24, 2.45) is 0 Å². The first kappa shape index (κ1) is 18.3. The van der Waals surface area contributed by atoms with Crippen LogP contribution in [0.4, 0.5) is 5.69 Å². The zero-order chi connectivity index (χ0) is 15.9. The van der Waals surface area contributed by atoms with E-state index < -0.39 is 5.60 Å². The van der Waals surface area contributed by atoms with E-state index in [-0.39, 0.29) is 11.9 Å². The lowest BCUT2D eigenvalue weighted by atomic mass is 10.1. The summed E-state index contributed by atoms with van der Waals surface area (Å²) >= 11 is 7.47. The van der Waals surface area contributed by atoms with Crippen LogP contribution in [0.25, 0.3) is 0 Å². The number of anilines is 1. The van der Waals surface area contributed by atoms with Crippen LogP contribution in [0.1, 0.15) is 20.3 Å². The second-order valence-electron chi connectivity index (χ2n) is 5.47. The third-order valence-electron chi connectivity index (χ3n) is 2.89. The third-order valence-corrected chi connectivity index (χ3v) is 4.03. The number of hydrogen-bond donors (Lipinski definition) is 3. The molecule has 0 heterocycles. The van der Waals surface area contributed by atoms with Crippen LogP contribution in [-0.2, 0) is 4.79 Å². The average molecular weight is 331 g/mol. The summed E-state index contributed by atoms with van der Waals surface area (Å²) < 4.78 is 0. The van der Waals surface area contributed by atoms with Crippen molar-refractivity contribution in [3.63, 3.8) is 0 Å². The van der Waals surface area contributed by atoms with Crippen LogP contribution >= 0.6 is 23.4 Å². The van der Waals surface area contributed by atoms with Crippen molar-refractivity contribution in [2.75, 3.05) is 23.9 Å². The zero-order valence-electron chi connectivity index (χ0n) is 12.6. The standard InChI is InChI=1S/C15H23ClN2O2S/c1-11(17-9-15(2,20)10-21-3)7-14(19)18-13-6-4-5-12(16)8-13/h4-6,8,11,17,20H,7,9-10H2,1-3H3,(H,18,19). The van der Waals surface area contributed by atoms with Gasteiger partial charge in [-0.2, -0.15) is 11.8 Å². The average Bonchev–Trinajstić information content (AvgIpc) is 2.36. The highest BCUT2D eigenvalue weighted by atomic mass is 35.5. The molecule has 6 heteroatoms. The van der Waals surface area contributed by atoms with Crippen molar-refractivity contribution in [3.8, 4) is 0 Å². The zero-order valence-corrected chi connectivity index (χ0v) is 14.2. The fourth-order valence-electron chi connectivity index (χ4n) is 1.88. The third kappa shape index (κ3) is 7.71. The van der Waals surface area contributed by atoms with E-state index in [2.05, 4.69) is 10.6 Å². The molecule has 0 fully saturated rings. The molecule has 1 amide bonds. The lowest BCUT2D eigenvalue weighted by Crippen LogP contribution is -2.44. The van der Waals surface area contributed by atoms with Crippen molar-refractivity contribution in [3.05, 3.63) is 29.3 Å². The molecule has 2 atom stereocenters. The number of carbonyl (C=O) groups is 1. The van der Waals surface area contributed by atoms with Crippen LogP contribution in [0, 0.1) is 0 Å². The van der Waals surface area contributed by atoms with E-state index >= 15 is 0 Å². The normalized spacial score (nSPS) is 15.3. The largest absolute Gasteiger partial charge is 0.388 e. The van der Waals surface area contributed by atoms with E-state index in [9.17, 15) is 9.90 Å². The van der Waals surface area contributed by atoms with E-state index in [0.717, 1.165) is 0 Å². The number of nitrogens with one attached hydrogen (secondary N) is 2. The Kier molecular flexibility index (Phi) is 7.52. The van der Waals surface area contributed by atoms with Gasteiger partial charge in [-0.3, -0.25) is 4.79 Å². The Hall–Kier alpha value is -0.750. The summed E-state index contributed by atoms with van der Waals surface area (Å²) in [6, 6.07) is 7.04. The molecule has 0 bridgehead atoms. The maximum atomic E-state index is 11.9. The van der Waals surface area contributed by atoms with Gasteiger partial charge in [-0.05, 0) is 38.3 Å². The van der Waals surface area contributed by atoms with Gasteiger partial charge in [0, 0.05) is 35.5 Å². The predicted molar refractivity (Wildman–Crippen MR) is 91.2 cm³/mol. The van der Waals surface area contributed by atoms with Crippen molar-refractivity contribution in [2.45, 2.75) is 31.9 Å². The lowest BCUT2D eigenvalue weighted by Gasteiger charge is -2.25. The lowest BCUT2D eigenvalue weighted by molar-refractivity contribution is -0.116. The number of benzene rings is 1. The minimum absolute atomic E-state index is 0.0162. The SMILES string of the molecule is CSCC(C)(O)CNC(C)CC(=O)Nc1cccc(Cl)c1. The Balaban J connectivity index is 2.37. The molecule has 0 radical (unpaired) electrons. The summed E-state index contributed by atoms with van der Waals surface area (Å²) in [7, 11) is 0. The van der Waals surface area contributed by atoms with E-state index in [1.807, 2.05) is 13.2 Å². The molecule has 21 heavy (non-hydrogen) atoms. The molecule has 0 saturated carbocycles. The van der Waals surface area contributed by atoms with Gasteiger partial charge in [-0.15, -0.1) is 0 Å². The van der Waals surface area contributed by atoms with E-state index in [0.29, 0.717) is 29.4 Å². The number of carbonyl (C=O) groups excluding carboxylic acids is 1. The van der Waals surface area contributed by atoms with Gasteiger partial charge in [0.2, 0.25) is 5.91 Å². The van der Waals surface area contributed by atoms with Crippen molar-refractivity contribution in [1.82, 2.24) is 5.32 Å². The Morgan fingerprint density at radius 2 is 2.24 bits per heavy atom. The molecule has 1 rings (SSSR count). The summed E-state index contributed by atoms with van der Waals surface area (Å²) in [4.78, 5) is 11.9. The van der Waals surface area contributed by atoms with Gasteiger partial charge in [0.15, 0.2) is 0 Å². The second-order valence-corrected chi connectivity index (χ2v) is 6.78. The van der Waals surface area contributed by atoms with E-state index in [1.54, 1.807) is 43.0 Å². The number of rotatable bonds is 8. The predicted octanol–water partition coefficient (Wildman–Crippen LogP) is 2.76. The maximum absolute atomic E-state index is 11.9. The first-order chi connectivity index (χ1) is 9.82. The Morgan fingerprint density at radius 3 is 2.86 bits per heavy atom. The van der Waals surface area contributed by atoms with Crippen molar-refractivity contribution < 1.29 is 9.90 Å². The minimum atomic E-state index is -0.767. The summed E-state index contributed by atoms with van der Waals surface area (Å²) in [6.45, 7) is 4.17. The van der Waals surface area contributed by atoms with Gasteiger partial charge in [0.05, 0.1) is 5.60 Å². The highest BCUT2D eigenvalue weighted by Crippen LogP contribution is 2.15. The van der Waals surface area contributed by atoms with Gasteiger partial charge in [-0.25, -0.2) is 0 Å². The summed E-state index contributed by atoms with van der Waals surface area (Å²) in [5, 5.41) is 16.6. The van der Waals surface area contributed by atoms with Crippen LogP contribution in [0.5, 0.6) is 0 Å². The van der Waals surface area contributed by atoms with E-state index in [1.165, 1.54) is 0 Å². The van der Waals surface area contributed by atoms with Gasteiger partial charge < -0.3 is 15.7 Å². The van der Waals surface area contributed by atoms with Gasteiger partial charge in [-0.1, -0.05) is 17.7 Å². The molecule has 1 aromatic carbocycles. The van der Waals surface area contributed by atoms with Crippen LogP contribution in [0.15, 0.2) is 24.3 Å². The molecule has 0 aromatic heterocycles. The summed E-state index contributed by atoms with van der Waals surface area (Å²) in [5.74, 6) is 0.573. The van der Waals surface area contributed by atoms with Crippen molar-refractivity contribution in [1.29, 1.82) is 0 Å². The van der Waals surface area contributed by atoms with Crippen LogP contribution in [-0.4, -0.2) is 41.2 Å². The number of hydrogen-bond acceptors (Lipinski definition) is 4. The van der Waals surface area contributed by atoms with Crippen LogP contribution in [0.3, 0.4) is 0 Å². The van der Waals surface area contributed by atoms with E-state index in [4.69, 9.17) is 11.6 Å². The molecule has 0 saturated heterocycles. The van der Waals surface area contributed by atoms with Gasteiger partial charge in [0.1, 0.15) is 0 Å². The number of amides is 1. The maximum Gasteiger partial charge on any atom is 0.225 e. The molecule has 3 N–H and O–H groups in total. The molecule has 0 spiro atoms. The molecule has 2 unspecified atom stereocenters. The van der Waals surface area contributed by atoms with Crippen LogP contribution < -0.4 is 10.6 Å². The molecule has 0 aliphatic carbocycles. The fraction of sp³-hybridized carbons (Fsp3) is 0.533. The van der Waals surface area contributed by atoms with Crippen molar-refractivity contribution >= 4 is 35.0 Å². The summed E-state index contributed by atoms with van der Waals surface area (Å²) in [5.41, 5.74) is -0.0778.